The van der Waals surface area contributed by atoms with Gasteiger partial charge in [0.2, 0.25) is 0 Å². The van der Waals surface area contributed by atoms with E-state index >= 15 is 0 Å². The number of aliphatic carboxylic acids is 1. The molecule has 0 heterocycles. The SMILES string of the molecule is C=CCCCC(I)C(=O)O. The molecule has 58 valence electrons. The van der Waals surface area contributed by atoms with Crippen molar-refractivity contribution in [2.24, 2.45) is 0 Å². The molecule has 0 fully saturated rings. The van der Waals surface area contributed by atoms with Crippen molar-refractivity contribution >= 4 is 28.6 Å². The topological polar surface area (TPSA) is 37.3 Å². The largest absolute Gasteiger partial charge is 0.480 e. The number of unbranched alkanes of at least 4 members (excludes halogenated alkanes) is 1. The van der Waals surface area contributed by atoms with E-state index < -0.39 is 5.97 Å². The number of halogens is 1. The molecule has 0 rings (SSSR count). The summed E-state index contributed by atoms with van der Waals surface area (Å²) < 4.78 is -0.238. The summed E-state index contributed by atoms with van der Waals surface area (Å²) in [7, 11) is 0. The van der Waals surface area contributed by atoms with Crippen LogP contribution in [0.15, 0.2) is 12.7 Å². The summed E-state index contributed by atoms with van der Waals surface area (Å²) in [6, 6.07) is 0. The first-order valence-electron chi connectivity index (χ1n) is 3.16. The Kier molecular flexibility index (Phi) is 5.67. The highest BCUT2D eigenvalue weighted by Gasteiger charge is 2.10. The molecular formula is C7H11IO2. The van der Waals surface area contributed by atoms with E-state index in [1.807, 2.05) is 28.7 Å². The molecule has 10 heavy (non-hydrogen) atoms. The van der Waals surface area contributed by atoms with Gasteiger partial charge in [0.25, 0.3) is 0 Å². The highest BCUT2D eigenvalue weighted by Crippen LogP contribution is 2.10. The monoisotopic (exact) mass is 254 g/mol. The van der Waals surface area contributed by atoms with Crippen molar-refractivity contribution in [2.45, 2.75) is 23.2 Å². The second-order valence-corrected chi connectivity index (χ2v) is 3.53. The van der Waals surface area contributed by atoms with Gasteiger partial charge >= 0.3 is 5.97 Å². The van der Waals surface area contributed by atoms with E-state index in [0.717, 1.165) is 19.3 Å². The number of alkyl halides is 1. The molecule has 0 aliphatic heterocycles. The Balaban J connectivity index is 3.30. The molecule has 0 saturated carbocycles. The Morgan fingerprint density at radius 2 is 2.40 bits per heavy atom. The lowest BCUT2D eigenvalue weighted by Crippen LogP contribution is -2.11. The van der Waals surface area contributed by atoms with Crippen LogP contribution in [0.25, 0.3) is 0 Å². The summed E-state index contributed by atoms with van der Waals surface area (Å²) in [5.74, 6) is -0.718. The molecule has 2 nitrogen and oxygen atoms in total. The van der Waals surface area contributed by atoms with Crippen LogP contribution in [0.2, 0.25) is 0 Å². The third-order valence-corrected chi connectivity index (χ3v) is 2.29. The van der Waals surface area contributed by atoms with Crippen molar-refractivity contribution in [3.63, 3.8) is 0 Å². The average molecular weight is 254 g/mol. The van der Waals surface area contributed by atoms with Crippen LogP contribution in [-0.4, -0.2) is 15.0 Å². The number of carbonyl (C=O) groups is 1. The molecular weight excluding hydrogens is 243 g/mol. The first-order valence-corrected chi connectivity index (χ1v) is 4.41. The van der Waals surface area contributed by atoms with Gasteiger partial charge in [-0.3, -0.25) is 4.79 Å². The van der Waals surface area contributed by atoms with Crippen molar-refractivity contribution < 1.29 is 9.90 Å². The van der Waals surface area contributed by atoms with Crippen LogP contribution in [0.5, 0.6) is 0 Å². The van der Waals surface area contributed by atoms with Gasteiger partial charge in [-0.1, -0.05) is 28.7 Å². The normalized spacial score (nSPS) is 12.5. The van der Waals surface area contributed by atoms with Gasteiger partial charge in [-0.05, 0) is 19.3 Å². The second-order valence-electron chi connectivity index (χ2n) is 2.03. The standard InChI is InChI=1S/C7H11IO2/c1-2-3-4-5-6(8)7(9)10/h2,6H,1,3-5H2,(H,9,10). The molecule has 0 amide bonds. The number of allylic oxidation sites excluding steroid dienone is 1. The predicted molar refractivity (Wildman–Crippen MR) is 49.5 cm³/mol. The lowest BCUT2D eigenvalue weighted by Gasteiger charge is -2.00. The van der Waals surface area contributed by atoms with E-state index in [2.05, 4.69) is 6.58 Å². The second kappa shape index (κ2) is 5.70. The predicted octanol–water partition coefficient (Wildman–Crippen LogP) is 2.23. The summed E-state index contributed by atoms with van der Waals surface area (Å²) in [6.45, 7) is 3.55. The Morgan fingerprint density at radius 3 is 2.80 bits per heavy atom. The minimum absolute atomic E-state index is 0.238. The first kappa shape index (κ1) is 9.94. The Bertz CT molecular complexity index is 123. The van der Waals surface area contributed by atoms with E-state index in [0.29, 0.717) is 0 Å². The number of hydrogen-bond acceptors (Lipinski definition) is 1. The fourth-order valence-corrected chi connectivity index (χ4v) is 1.01. The van der Waals surface area contributed by atoms with Crippen LogP contribution in [0.1, 0.15) is 19.3 Å². The summed E-state index contributed by atoms with van der Waals surface area (Å²) in [5, 5.41) is 8.45. The van der Waals surface area contributed by atoms with Crippen molar-refractivity contribution in [1.82, 2.24) is 0 Å². The lowest BCUT2D eigenvalue weighted by atomic mass is 10.2. The molecule has 0 spiro atoms. The molecule has 1 atom stereocenters. The molecule has 0 aliphatic rings. The minimum Gasteiger partial charge on any atom is -0.480 e. The zero-order valence-corrected chi connectivity index (χ0v) is 7.87. The van der Waals surface area contributed by atoms with Crippen LogP contribution in [0.3, 0.4) is 0 Å². The molecule has 0 aromatic rings. The molecule has 0 aliphatic carbocycles. The van der Waals surface area contributed by atoms with Gasteiger partial charge in [0, 0.05) is 0 Å². The van der Waals surface area contributed by atoms with E-state index in [4.69, 9.17) is 5.11 Å². The van der Waals surface area contributed by atoms with E-state index in [1.54, 1.807) is 0 Å². The van der Waals surface area contributed by atoms with Gasteiger partial charge in [-0.2, -0.15) is 0 Å². The lowest BCUT2D eigenvalue weighted by molar-refractivity contribution is -0.136. The van der Waals surface area contributed by atoms with Gasteiger partial charge in [-0.25, -0.2) is 0 Å². The third-order valence-electron chi connectivity index (χ3n) is 1.13. The van der Waals surface area contributed by atoms with Gasteiger partial charge in [0.1, 0.15) is 3.92 Å². The molecule has 0 aromatic carbocycles. The third kappa shape index (κ3) is 4.78. The summed E-state index contributed by atoms with van der Waals surface area (Å²) >= 11 is 1.94. The molecule has 0 aromatic heterocycles. The quantitative estimate of drug-likeness (QED) is 0.353. The van der Waals surface area contributed by atoms with Gasteiger partial charge < -0.3 is 5.11 Å². The zero-order valence-electron chi connectivity index (χ0n) is 5.72. The summed E-state index contributed by atoms with van der Waals surface area (Å²) in [6.07, 6.45) is 4.38. The maximum atomic E-state index is 10.3. The van der Waals surface area contributed by atoms with Gasteiger partial charge in [-0.15, -0.1) is 6.58 Å². The number of carboxylic acid groups (broad SMARTS) is 1. The maximum Gasteiger partial charge on any atom is 0.316 e. The number of rotatable bonds is 5. The summed E-state index contributed by atoms with van der Waals surface area (Å²) in [4.78, 5) is 10.3. The Labute approximate surface area is 74.5 Å². The van der Waals surface area contributed by atoms with E-state index in [1.165, 1.54) is 0 Å². The fourth-order valence-electron chi connectivity index (χ4n) is 0.565. The molecule has 1 unspecified atom stereocenters. The molecule has 0 radical (unpaired) electrons. The fraction of sp³-hybridized carbons (Fsp3) is 0.571. The van der Waals surface area contributed by atoms with Gasteiger partial charge in [0.15, 0.2) is 0 Å². The van der Waals surface area contributed by atoms with E-state index in [9.17, 15) is 4.79 Å². The molecule has 1 N–H and O–H groups in total. The van der Waals surface area contributed by atoms with Crippen LogP contribution in [0, 0.1) is 0 Å². The Morgan fingerprint density at radius 1 is 1.80 bits per heavy atom. The molecule has 0 saturated heterocycles. The van der Waals surface area contributed by atoms with Crippen molar-refractivity contribution in [3.05, 3.63) is 12.7 Å². The first-order chi connectivity index (χ1) is 4.68. The molecule has 3 heteroatoms. The van der Waals surface area contributed by atoms with Crippen molar-refractivity contribution in [1.29, 1.82) is 0 Å². The van der Waals surface area contributed by atoms with Crippen LogP contribution >= 0.6 is 22.6 Å². The van der Waals surface area contributed by atoms with Gasteiger partial charge in [0.05, 0.1) is 0 Å². The highest BCUT2D eigenvalue weighted by molar-refractivity contribution is 14.1. The highest BCUT2D eigenvalue weighted by atomic mass is 127. The van der Waals surface area contributed by atoms with Crippen LogP contribution < -0.4 is 0 Å². The van der Waals surface area contributed by atoms with Crippen LogP contribution in [0.4, 0.5) is 0 Å². The van der Waals surface area contributed by atoms with E-state index in [-0.39, 0.29) is 3.92 Å². The van der Waals surface area contributed by atoms with Crippen molar-refractivity contribution in [2.75, 3.05) is 0 Å². The number of hydrogen-bond donors (Lipinski definition) is 1. The zero-order chi connectivity index (χ0) is 7.98. The number of carboxylic acids is 1. The average Bonchev–Trinajstić information content (AvgIpc) is 1.88. The Hall–Kier alpha value is -0.0600. The molecule has 0 bridgehead atoms. The smallest absolute Gasteiger partial charge is 0.316 e. The maximum absolute atomic E-state index is 10.3. The van der Waals surface area contributed by atoms with Crippen molar-refractivity contribution in [3.8, 4) is 0 Å². The van der Waals surface area contributed by atoms with Crippen LogP contribution in [-0.2, 0) is 4.79 Å². The summed E-state index contributed by atoms with van der Waals surface area (Å²) in [5.41, 5.74) is 0. The minimum atomic E-state index is -0.718.